The van der Waals surface area contributed by atoms with E-state index >= 15 is 0 Å². The Hall–Kier alpha value is -0.580. The van der Waals surface area contributed by atoms with E-state index in [9.17, 15) is 9.90 Å². The van der Waals surface area contributed by atoms with Gasteiger partial charge in [-0.25, -0.2) is 0 Å². The number of aliphatic hydroxyl groups is 1. The van der Waals surface area contributed by atoms with E-state index in [1.807, 2.05) is 0 Å². The molecule has 0 saturated carbocycles. The van der Waals surface area contributed by atoms with Crippen molar-refractivity contribution in [3.05, 3.63) is 27.7 Å². The van der Waals surface area contributed by atoms with Crippen LogP contribution < -0.4 is 5.32 Å². The van der Waals surface area contributed by atoms with Gasteiger partial charge in [-0.05, 0) is 32.0 Å². The quantitative estimate of drug-likeness (QED) is 0.880. The molecular formula is C10H11BrClNO2. The van der Waals surface area contributed by atoms with Gasteiger partial charge in [-0.1, -0.05) is 27.5 Å². The summed E-state index contributed by atoms with van der Waals surface area (Å²) in [4.78, 5) is 11.5. The van der Waals surface area contributed by atoms with Crippen LogP contribution in [0.5, 0.6) is 0 Å². The largest absolute Gasteiger partial charge is 0.381 e. The zero-order chi connectivity index (χ0) is 11.6. The first-order chi connectivity index (χ1) is 6.80. The molecule has 2 N–H and O–H groups in total. The zero-order valence-electron chi connectivity index (χ0n) is 8.34. The predicted molar refractivity (Wildman–Crippen MR) is 64.1 cm³/mol. The lowest BCUT2D eigenvalue weighted by Crippen LogP contribution is -2.36. The summed E-state index contributed by atoms with van der Waals surface area (Å²) in [5, 5.41) is 12.4. The third kappa shape index (κ3) is 3.48. The first kappa shape index (κ1) is 12.5. The standard InChI is InChI=1S/C10H11BrClNO2/c1-10(2,15)9(14)13-8-5-6(11)3-4-7(8)12/h3-5,15H,1-2H3,(H,13,14). The highest BCUT2D eigenvalue weighted by Crippen LogP contribution is 2.26. The van der Waals surface area contributed by atoms with E-state index in [0.717, 1.165) is 4.47 Å². The number of anilines is 1. The maximum absolute atomic E-state index is 11.5. The van der Waals surface area contributed by atoms with E-state index in [4.69, 9.17) is 11.6 Å². The second kappa shape index (κ2) is 4.51. The van der Waals surface area contributed by atoms with E-state index in [-0.39, 0.29) is 0 Å². The van der Waals surface area contributed by atoms with Crippen LogP contribution in [-0.2, 0) is 4.79 Å². The average Bonchev–Trinajstić information content (AvgIpc) is 2.09. The Bertz CT molecular complexity index is 387. The SMILES string of the molecule is CC(C)(O)C(=O)Nc1cc(Br)ccc1Cl. The molecule has 0 unspecified atom stereocenters. The van der Waals surface area contributed by atoms with Gasteiger partial charge in [-0.3, -0.25) is 4.79 Å². The first-order valence-electron chi connectivity index (χ1n) is 4.29. The summed E-state index contributed by atoms with van der Waals surface area (Å²) in [5.41, 5.74) is -0.954. The van der Waals surface area contributed by atoms with Crippen molar-refractivity contribution in [2.75, 3.05) is 5.32 Å². The predicted octanol–water partition coefficient (Wildman–Crippen LogP) is 2.81. The Morgan fingerprint density at radius 3 is 2.67 bits per heavy atom. The van der Waals surface area contributed by atoms with Gasteiger partial charge in [0.25, 0.3) is 5.91 Å². The third-order valence-corrected chi connectivity index (χ3v) is 2.56. The number of rotatable bonds is 2. The van der Waals surface area contributed by atoms with Crippen molar-refractivity contribution in [2.24, 2.45) is 0 Å². The Balaban J connectivity index is 2.90. The molecule has 0 aliphatic carbocycles. The van der Waals surface area contributed by atoms with Gasteiger partial charge in [-0.2, -0.15) is 0 Å². The molecule has 0 aliphatic heterocycles. The summed E-state index contributed by atoms with van der Waals surface area (Å²) in [6.45, 7) is 2.82. The van der Waals surface area contributed by atoms with Crippen LogP contribution >= 0.6 is 27.5 Å². The summed E-state index contributed by atoms with van der Waals surface area (Å²) in [6.07, 6.45) is 0. The van der Waals surface area contributed by atoms with Crippen LogP contribution in [-0.4, -0.2) is 16.6 Å². The summed E-state index contributed by atoms with van der Waals surface area (Å²) in [5.74, 6) is -0.498. The number of carbonyl (C=O) groups excluding carboxylic acids is 1. The molecule has 0 heterocycles. The minimum atomic E-state index is -1.42. The van der Waals surface area contributed by atoms with Crippen molar-refractivity contribution in [3.63, 3.8) is 0 Å². The van der Waals surface area contributed by atoms with Gasteiger partial charge in [0.15, 0.2) is 0 Å². The molecule has 0 spiro atoms. The van der Waals surface area contributed by atoms with Gasteiger partial charge >= 0.3 is 0 Å². The van der Waals surface area contributed by atoms with Crippen molar-refractivity contribution in [1.29, 1.82) is 0 Å². The average molecular weight is 293 g/mol. The summed E-state index contributed by atoms with van der Waals surface area (Å²) in [7, 11) is 0. The molecule has 15 heavy (non-hydrogen) atoms. The van der Waals surface area contributed by atoms with Crippen molar-refractivity contribution in [1.82, 2.24) is 0 Å². The van der Waals surface area contributed by atoms with Crippen LogP contribution in [0, 0.1) is 0 Å². The highest BCUT2D eigenvalue weighted by Gasteiger charge is 2.24. The van der Waals surface area contributed by atoms with Crippen molar-refractivity contribution in [2.45, 2.75) is 19.4 Å². The van der Waals surface area contributed by atoms with Crippen molar-refractivity contribution >= 4 is 39.1 Å². The van der Waals surface area contributed by atoms with Gasteiger partial charge in [-0.15, -0.1) is 0 Å². The summed E-state index contributed by atoms with van der Waals surface area (Å²) >= 11 is 9.14. The van der Waals surface area contributed by atoms with Crippen molar-refractivity contribution < 1.29 is 9.90 Å². The van der Waals surface area contributed by atoms with Crippen LogP contribution in [0.1, 0.15) is 13.8 Å². The number of hydrogen-bond donors (Lipinski definition) is 2. The fraction of sp³-hybridized carbons (Fsp3) is 0.300. The van der Waals surface area contributed by atoms with Crippen LogP contribution in [0.3, 0.4) is 0 Å². The molecule has 0 bridgehead atoms. The number of benzene rings is 1. The van der Waals surface area contributed by atoms with E-state index < -0.39 is 11.5 Å². The maximum Gasteiger partial charge on any atom is 0.255 e. The number of carbonyl (C=O) groups is 1. The number of nitrogens with one attached hydrogen (secondary N) is 1. The van der Waals surface area contributed by atoms with Gasteiger partial charge in [0.2, 0.25) is 0 Å². The molecule has 0 saturated heterocycles. The maximum atomic E-state index is 11.5. The second-order valence-electron chi connectivity index (χ2n) is 3.64. The third-order valence-electron chi connectivity index (χ3n) is 1.73. The lowest BCUT2D eigenvalue weighted by atomic mass is 10.1. The van der Waals surface area contributed by atoms with Crippen LogP contribution in [0.2, 0.25) is 5.02 Å². The normalized spacial score (nSPS) is 11.3. The monoisotopic (exact) mass is 291 g/mol. The molecule has 5 heteroatoms. The molecular weight excluding hydrogens is 281 g/mol. The zero-order valence-corrected chi connectivity index (χ0v) is 10.7. The van der Waals surface area contributed by atoms with E-state index in [0.29, 0.717) is 10.7 Å². The van der Waals surface area contributed by atoms with Crippen LogP contribution in [0.4, 0.5) is 5.69 Å². The minimum absolute atomic E-state index is 0.427. The van der Waals surface area contributed by atoms with Gasteiger partial charge < -0.3 is 10.4 Å². The number of hydrogen-bond acceptors (Lipinski definition) is 2. The minimum Gasteiger partial charge on any atom is -0.381 e. The molecule has 0 atom stereocenters. The molecule has 0 aromatic heterocycles. The second-order valence-corrected chi connectivity index (χ2v) is 4.96. The lowest BCUT2D eigenvalue weighted by Gasteiger charge is -2.17. The molecule has 1 aromatic carbocycles. The van der Waals surface area contributed by atoms with E-state index in [1.165, 1.54) is 13.8 Å². The van der Waals surface area contributed by atoms with E-state index in [1.54, 1.807) is 18.2 Å². The number of amides is 1. The van der Waals surface area contributed by atoms with Crippen molar-refractivity contribution in [3.8, 4) is 0 Å². The molecule has 1 aromatic rings. The Morgan fingerprint density at radius 1 is 1.53 bits per heavy atom. The van der Waals surface area contributed by atoms with Gasteiger partial charge in [0.1, 0.15) is 5.60 Å². The van der Waals surface area contributed by atoms with Crippen LogP contribution in [0.25, 0.3) is 0 Å². The van der Waals surface area contributed by atoms with Gasteiger partial charge in [0, 0.05) is 4.47 Å². The molecule has 1 amide bonds. The Morgan fingerprint density at radius 2 is 2.13 bits per heavy atom. The lowest BCUT2D eigenvalue weighted by molar-refractivity contribution is -0.130. The highest BCUT2D eigenvalue weighted by molar-refractivity contribution is 9.10. The molecule has 0 fully saturated rings. The smallest absolute Gasteiger partial charge is 0.255 e. The first-order valence-corrected chi connectivity index (χ1v) is 5.46. The fourth-order valence-corrected chi connectivity index (χ4v) is 1.39. The molecule has 0 radical (unpaired) electrons. The fourth-order valence-electron chi connectivity index (χ4n) is 0.869. The van der Waals surface area contributed by atoms with Gasteiger partial charge in [0.05, 0.1) is 10.7 Å². The van der Waals surface area contributed by atoms with E-state index in [2.05, 4.69) is 21.2 Å². The molecule has 1 rings (SSSR count). The summed E-state index contributed by atoms with van der Waals surface area (Å²) in [6, 6.07) is 5.10. The topological polar surface area (TPSA) is 49.3 Å². The Kier molecular flexibility index (Phi) is 3.76. The molecule has 3 nitrogen and oxygen atoms in total. The Labute approximate surface area is 102 Å². The summed E-state index contributed by atoms with van der Waals surface area (Å²) < 4.78 is 0.804. The molecule has 0 aliphatic rings. The molecule has 82 valence electrons. The highest BCUT2D eigenvalue weighted by atomic mass is 79.9. The van der Waals surface area contributed by atoms with Crippen LogP contribution in [0.15, 0.2) is 22.7 Å². The number of halogens is 2.